The molecular weight excluding hydrogens is 248 g/mol. The fourth-order valence-electron chi connectivity index (χ4n) is 2.25. The van der Waals surface area contributed by atoms with Crippen molar-refractivity contribution in [3.05, 3.63) is 24.5 Å². The standard InChI is InChI=1S/C16H24N4/c17-9-7-15-20(16-8-10-18)12-4-2-1-3-11-19-13-5-6-14-19/h5-6,13-14H,1-4,7-8,11-12,15-16H2. The van der Waals surface area contributed by atoms with Gasteiger partial charge in [-0.05, 0) is 31.5 Å². The fraction of sp³-hybridized carbons (Fsp3) is 0.625. The average molecular weight is 272 g/mol. The summed E-state index contributed by atoms with van der Waals surface area (Å²) >= 11 is 0. The second kappa shape index (κ2) is 11.1. The highest BCUT2D eigenvalue weighted by Crippen LogP contribution is 2.05. The van der Waals surface area contributed by atoms with Crippen LogP contribution in [0.1, 0.15) is 38.5 Å². The summed E-state index contributed by atoms with van der Waals surface area (Å²) in [5.41, 5.74) is 0. The van der Waals surface area contributed by atoms with Gasteiger partial charge in [0.1, 0.15) is 0 Å². The van der Waals surface area contributed by atoms with Crippen LogP contribution in [0.2, 0.25) is 0 Å². The molecule has 1 aromatic rings. The Morgan fingerprint density at radius 3 is 2.00 bits per heavy atom. The Kier molecular flexibility index (Phi) is 9.02. The number of unbranched alkanes of at least 4 members (excludes halogenated alkanes) is 3. The topological polar surface area (TPSA) is 55.8 Å². The summed E-state index contributed by atoms with van der Waals surface area (Å²) in [6.07, 6.45) is 10.1. The van der Waals surface area contributed by atoms with Crippen molar-refractivity contribution >= 4 is 0 Å². The minimum atomic E-state index is 0.555. The summed E-state index contributed by atoms with van der Waals surface area (Å²) < 4.78 is 2.21. The lowest BCUT2D eigenvalue weighted by Gasteiger charge is -2.19. The highest BCUT2D eigenvalue weighted by Gasteiger charge is 2.03. The number of aryl methyl sites for hydroxylation is 1. The van der Waals surface area contributed by atoms with Gasteiger partial charge < -0.3 is 9.47 Å². The third-order valence-corrected chi connectivity index (χ3v) is 3.39. The van der Waals surface area contributed by atoms with Crippen molar-refractivity contribution < 1.29 is 0 Å². The first-order chi connectivity index (χ1) is 9.86. The van der Waals surface area contributed by atoms with E-state index in [9.17, 15) is 0 Å². The van der Waals surface area contributed by atoms with Gasteiger partial charge in [-0.1, -0.05) is 12.8 Å². The van der Waals surface area contributed by atoms with Gasteiger partial charge in [-0.2, -0.15) is 10.5 Å². The Balaban J connectivity index is 2.04. The van der Waals surface area contributed by atoms with E-state index >= 15 is 0 Å². The van der Waals surface area contributed by atoms with E-state index in [1.54, 1.807) is 0 Å². The molecular formula is C16H24N4. The molecule has 4 nitrogen and oxygen atoms in total. The predicted molar refractivity (Wildman–Crippen MR) is 79.8 cm³/mol. The number of hydrogen-bond acceptors (Lipinski definition) is 3. The molecule has 1 aromatic heterocycles. The van der Waals surface area contributed by atoms with E-state index in [4.69, 9.17) is 10.5 Å². The van der Waals surface area contributed by atoms with Gasteiger partial charge in [0, 0.05) is 44.9 Å². The predicted octanol–water partition coefficient (Wildman–Crippen LogP) is 3.18. The van der Waals surface area contributed by atoms with E-state index in [0.717, 1.165) is 32.6 Å². The highest BCUT2D eigenvalue weighted by atomic mass is 15.1. The zero-order valence-corrected chi connectivity index (χ0v) is 12.2. The maximum Gasteiger partial charge on any atom is 0.0635 e. The first-order valence-corrected chi connectivity index (χ1v) is 7.44. The Bertz CT molecular complexity index is 393. The first kappa shape index (κ1) is 16.3. The number of aromatic nitrogens is 1. The quantitative estimate of drug-likeness (QED) is 0.581. The normalized spacial score (nSPS) is 10.3. The molecule has 0 amide bonds. The second-order valence-electron chi connectivity index (χ2n) is 4.99. The van der Waals surface area contributed by atoms with E-state index in [-0.39, 0.29) is 0 Å². The van der Waals surface area contributed by atoms with Crippen molar-refractivity contribution in [2.24, 2.45) is 0 Å². The zero-order chi connectivity index (χ0) is 14.5. The lowest BCUT2D eigenvalue weighted by Crippen LogP contribution is -2.26. The molecule has 0 saturated heterocycles. The molecule has 0 aromatic carbocycles. The Hall–Kier alpha value is -1.78. The maximum atomic E-state index is 8.63. The van der Waals surface area contributed by atoms with Crippen LogP contribution in [0.4, 0.5) is 0 Å². The van der Waals surface area contributed by atoms with Crippen molar-refractivity contribution in [3.63, 3.8) is 0 Å². The summed E-state index contributed by atoms with van der Waals surface area (Å²) in [6, 6.07) is 8.46. The molecule has 0 radical (unpaired) electrons. The molecule has 4 heteroatoms. The van der Waals surface area contributed by atoms with Crippen LogP contribution >= 0.6 is 0 Å². The second-order valence-corrected chi connectivity index (χ2v) is 4.99. The molecule has 0 spiro atoms. The van der Waals surface area contributed by atoms with Gasteiger partial charge in [0.2, 0.25) is 0 Å². The number of rotatable bonds is 11. The van der Waals surface area contributed by atoms with Crippen LogP contribution in [0.25, 0.3) is 0 Å². The smallest absolute Gasteiger partial charge is 0.0635 e. The molecule has 0 unspecified atom stereocenters. The molecule has 0 aliphatic heterocycles. The van der Waals surface area contributed by atoms with Gasteiger partial charge in [-0.25, -0.2) is 0 Å². The van der Waals surface area contributed by atoms with E-state index in [1.165, 1.54) is 19.3 Å². The van der Waals surface area contributed by atoms with Gasteiger partial charge in [0.15, 0.2) is 0 Å². The largest absolute Gasteiger partial charge is 0.354 e. The molecule has 0 saturated carbocycles. The van der Waals surface area contributed by atoms with Crippen LogP contribution in [-0.2, 0) is 6.54 Å². The van der Waals surface area contributed by atoms with E-state index in [1.807, 2.05) is 0 Å². The van der Waals surface area contributed by atoms with E-state index < -0.39 is 0 Å². The van der Waals surface area contributed by atoms with Gasteiger partial charge in [-0.3, -0.25) is 0 Å². The average Bonchev–Trinajstić information content (AvgIpc) is 2.97. The first-order valence-electron chi connectivity index (χ1n) is 7.44. The lowest BCUT2D eigenvalue weighted by molar-refractivity contribution is 0.278. The van der Waals surface area contributed by atoms with Crippen LogP contribution in [0, 0.1) is 22.7 Å². The molecule has 0 N–H and O–H groups in total. The molecule has 20 heavy (non-hydrogen) atoms. The van der Waals surface area contributed by atoms with Crippen LogP contribution in [0.3, 0.4) is 0 Å². The maximum absolute atomic E-state index is 8.63. The highest BCUT2D eigenvalue weighted by molar-refractivity contribution is 4.89. The molecule has 0 aliphatic carbocycles. The lowest BCUT2D eigenvalue weighted by atomic mass is 10.2. The van der Waals surface area contributed by atoms with Crippen LogP contribution in [0.5, 0.6) is 0 Å². The molecule has 0 bridgehead atoms. The Labute approximate surface area is 122 Å². The molecule has 0 fully saturated rings. The summed E-state index contributed by atoms with van der Waals surface area (Å²) in [7, 11) is 0. The van der Waals surface area contributed by atoms with Crippen LogP contribution < -0.4 is 0 Å². The minimum absolute atomic E-state index is 0.555. The summed E-state index contributed by atoms with van der Waals surface area (Å²) in [5.74, 6) is 0. The van der Waals surface area contributed by atoms with E-state index in [0.29, 0.717) is 12.8 Å². The summed E-state index contributed by atoms with van der Waals surface area (Å²) in [6.45, 7) is 3.69. The van der Waals surface area contributed by atoms with Gasteiger partial charge >= 0.3 is 0 Å². The third kappa shape index (κ3) is 7.61. The number of nitrogens with zero attached hydrogens (tertiary/aromatic N) is 4. The fourth-order valence-corrected chi connectivity index (χ4v) is 2.25. The summed E-state index contributed by atoms with van der Waals surface area (Å²) in [4.78, 5) is 2.23. The van der Waals surface area contributed by atoms with Crippen molar-refractivity contribution in [2.75, 3.05) is 19.6 Å². The van der Waals surface area contributed by atoms with Crippen LogP contribution in [-0.4, -0.2) is 29.1 Å². The number of hydrogen-bond donors (Lipinski definition) is 0. The van der Waals surface area contributed by atoms with Crippen molar-refractivity contribution in [1.82, 2.24) is 9.47 Å². The zero-order valence-electron chi connectivity index (χ0n) is 12.2. The summed E-state index contributed by atoms with van der Waals surface area (Å²) in [5, 5.41) is 17.3. The molecule has 0 atom stereocenters. The van der Waals surface area contributed by atoms with Gasteiger partial charge in [0.05, 0.1) is 12.1 Å². The molecule has 1 heterocycles. The monoisotopic (exact) mass is 272 g/mol. The molecule has 0 aliphatic rings. The van der Waals surface area contributed by atoms with E-state index in [2.05, 4.69) is 46.1 Å². The Morgan fingerprint density at radius 1 is 0.800 bits per heavy atom. The van der Waals surface area contributed by atoms with Gasteiger partial charge in [0.25, 0.3) is 0 Å². The van der Waals surface area contributed by atoms with Crippen LogP contribution in [0.15, 0.2) is 24.5 Å². The SMILES string of the molecule is N#CCCN(CCC#N)CCCCCCn1cccc1. The third-order valence-electron chi connectivity index (χ3n) is 3.39. The van der Waals surface area contributed by atoms with Crippen molar-refractivity contribution in [2.45, 2.75) is 45.1 Å². The Morgan fingerprint density at radius 2 is 1.40 bits per heavy atom. The van der Waals surface area contributed by atoms with Gasteiger partial charge in [-0.15, -0.1) is 0 Å². The number of nitriles is 2. The molecule has 108 valence electrons. The minimum Gasteiger partial charge on any atom is -0.354 e. The van der Waals surface area contributed by atoms with Crippen molar-refractivity contribution in [3.8, 4) is 12.1 Å². The van der Waals surface area contributed by atoms with Crippen molar-refractivity contribution in [1.29, 1.82) is 10.5 Å². The molecule has 1 rings (SSSR count).